The maximum Gasteiger partial charge on any atom is 0.0564 e. The number of aliphatic hydroxyl groups is 1. The van der Waals surface area contributed by atoms with E-state index in [4.69, 9.17) is 5.73 Å². The Balaban J connectivity index is 1.93. The fourth-order valence-electron chi connectivity index (χ4n) is 3.34. The Hall–Kier alpha value is -0.120. The van der Waals surface area contributed by atoms with Crippen LogP contribution in [0.25, 0.3) is 0 Å². The monoisotopic (exact) mass is 226 g/mol. The normalized spacial score (nSPS) is 34.9. The van der Waals surface area contributed by atoms with Gasteiger partial charge in [-0.25, -0.2) is 0 Å². The highest BCUT2D eigenvalue weighted by atomic mass is 16.3. The van der Waals surface area contributed by atoms with E-state index in [0.717, 1.165) is 32.5 Å². The van der Waals surface area contributed by atoms with E-state index in [-0.39, 0.29) is 6.10 Å². The second-order valence-corrected chi connectivity index (χ2v) is 5.47. The molecule has 0 radical (unpaired) electrons. The van der Waals surface area contributed by atoms with Crippen LogP contribution in [0.3, 0.4) is 0 Å². The molecular weight excluding hydrogens is 200 g/mol. The van der Waals surface area contributed by atoms with Gasteiger partial charge in [-0.05, 0) is 38.1 Å². The number of hydrogen-bond donors (Lipinski definition) is 2. The van der Waals surface area contributed by atoms with Crippen LogP contribution in [0.1, 0.15) is 44.9 Å². The molecular formula is C13H26N2O. The summed E-state index contributed by atoms with van der Waals surface area (Å²) in [7, 11) is 0. The lowest BCUT2D eigenvalue weighted by Gasteiger charge is -2.39. The summed E-state index contributed by atoms with van der Waals surface area (Å²) in [5, 5.41) is 9.55. The lowest BCUT2D eigenvalue weighted by Crippen LogP contribution is -2.47. The van der Waals surface area contributed by atoms with Crippen molar-refractivity contribution in [1.82, 2.24) is 4.90 Å². The Morgan fingerprint density at radius 2 is 1.69 bits per heavy atom. The molecule has 94 valence electrons. The van der Waals surface area contributed by atoms with Crippen LogP contribution in [0.2, 0.25) is 0 Å². The van der Waals surface area contributed by atoms with Crippen molar-refractivity contribution < 1.29 is 5.11 Å². The first-order chi connectivity index (χ1) is 7.81. The molecule has 1 saturated carbocycles. The molecule has 0 aromatic heterocycles. The van der Waals surface area contributed by atoms with Crippen LogP contribution in [0.15, 0.2) is 0 Å². The van der Waals surface area contributed by atoms with Crippen molar-refractivity contribution in [3.63, 3.8) is 0 Å². The van der Waals surface area contributed by atoms with Crippen molar-refractivity contribution in [2.45, 2.75) is 57.1 Å². The predicted octanol–water partition coefficient (Wildman–Crippen LogP) is 1.35. The molecule has 1 heterocycles. The van der Waals surface area contributed by atoms with Gasteiger partial charge >= 0.3 is 0 Å². The van der Waals surface area contributed by atoms with Gasteiger partial charge in [0, 0.05) is 19.1 Å². The van der Waals surface area contributed by atoms with Crippen LogP contribution < -0.4 is 5.73 Å². The Labute approximate surface area is 99.0 Å². The summed E-state index contributed by atoms with van der Waals surface area (Å²) in [6, 6.07) is 0.694. The Morgan fingerprint density at radius 3 is 2.38 bits per heavy atom. The van der Waals surface area contributed by atoms with E-state index in [2.05, 4.69) is 4.90 Å². The highest BCUT2D eigenvalue weighted by Crippen LogP contribution is 2.28. The lowest BCUT2D eigenvalue weighted by molar-refractivity contribution is 0.0423. The quantitative estimate of drug-likeness (QED) is 0.699. The fraction of sp³-hybridized carbons (Fsp3) is 1.00. The Bertz CT molecular complexity index is 202. The third-order valence-corrected chi connectivity index (χ3v) is 4.39. The van der Waals surface area contributed by atoms with Gasteiger partial charge in [-0.2, -0.15) is 0 Å². The first kappa shape index (κ1) is 12.3. The molecule has 2 unspecified atom stereocenters. The second-order valence-electron chi connectivity index (χ2n) is 5.47. The average Bonchev–Trinajstić information content (AvgIpc) is 2.55. The number of nitrogens with two attached hydrogens (primary N) is 1. The minimum absolute atomic E-state index is 0.0571. The highest BCUT2D eigenvalue weighted by molar-refractivity contribution is 4.85. The maximum absolute atomic E-state index is 9.55. The predicted molar refractivity (Wildman–Crippen MR) is 66.2 cm³/mol. The summed E-state index contributed by atoms with van der Waals surface area (Å²) in [6.07, 6.45) is 8.57. The number of hydrogen-bond acceptors (Lipinski definition) is 3. The van der Waals surface area contributed by atoms with Gasteiger partial charge in [-0.1, -0.05) is 19.3 Å². The van der Waals surface area contributed by atoms with Gasteiger partial charge in [0.1, 0.15) is 0 Å². The molecule has 3 heteroatoms. The average molecular weight is 226 g/mol. The van der Waals surface area contributed by atoms with Crippen LogP contribution in [-0.4, -0.2) is 41.8 Å². The summed E-state index contributed by atoms with van der Waals surface area (Å²) in [5.74, 6) is 0.692. The molecule has 3 nitrogen and oxygen atoms in total. The summed E-state index contributed by atoms with van der Waals surface area (Å²) < 4.78 is 0. The zero-order valence-electron chi connectivity index (χ0n) is 10.3. The van der Waals surface area contributed by atoms with Crippen molar-refractivity contribution >= 4 is 0 Å². The topological polar surface area (TPSA) is 49.5 Å². The fourth-order valence-corrected chi connectivity index (χ4v) is 3.34. The molecule has 0 amide bonds. The van der Waals surface area contributed by atoms with Crippen molar-refractivity contribution in [1.29, 1.82) is 0 Å². The first-order valence-corrected chi connectivity index (χ1v) is 6.93. The summed E-state index contributed by atoms with van der Waals surface area (Å²) in [6.45, 7) is 2.98. The molecule has 2 atom stereocenters. The van der Waals surface area contributed by atoms with Gasteiger partial charge < -0.3 is 10.8 Å². The second kappa shape index (κ2) is 5.99. The molecule has 1 saturated heterocycles. The molecule has 2 aliphatic rings. The van der Waals surface area contributed by atoms with Crippen LogP contribution in [0.4, 0.5) is 0 Å². The number of rotatable bonds is 2. The molecule has 2 rings (SSSR count). The number of piperidine rings is 1. The van der Waals surface area contributed by atoms with Crippen molar-refractivity contribution in [3.8, 4) is 0 Å². The van der Waals surface area contributed by atoms with E-state index in [9.17, 15) is 5.11 Å². The molecule has 0 aromatic carbocycles. The van der Waals surface area contributed by atoms with Gasteiger partial charge in [0.05, 0.1) is 6.10 Å². The number of aliphatic hydroxyl groups excluding tert-OH is 1. The van der Waals surface area contributed by atoms with E-state index in [1.807, 2.05) is 0 Å². The first-order valence-electron chi connectivity index (χ1n) is 6.93. The van der Waals surface area contributed by atoms with E-state index >= 15 is 0 Å². The maximum atomic E-state index is 9.55. The molecule has 0 aromatic rings. The smallest absolute Gasteiger partial charge is 0.0564 e. The van der Waals surface area contributed by atoms with Crippen LogP contribution >= 0.6 is 0 Å². The standard InChI is InChI=1S/C13H26N2O/c14-10-11-4-2-1-3-5-13(11)15-8-6-12(16)7-9-15/h11-13,16H,1-10,14H2. The van der Waals surface area contributed by atoms with Crippen LogP contribution in [-0.2, 0) is 0 Å². The van der Waals surface area contributed by atoms with E-state index < -0.39 is 0 Å². The molecule has 1 aliphatic heterocycles. The van der Waals surface area contributed by atoms with E-state index in [0.29, 0.717) is 12.0 Å². The van der Waals surface area contributed by atoms with Crippen molar-refractivity contribution in [2.75, 3.05) is 19.6 Å². The Kier molecular flexibility index (Phi) is 4.62. The minimum atomic E-state index is -0.0571. The molecule has 1 aliphatic carbocycles. The third-order valence-electron chi connectivity index (χ3n) is 4.39. The van der Waals surface area contributed by atoms with Gasteiger partial charge in [0.25, 0.3) is 0 Å². The van der Waals surface area contributed by atoms with E-state index in [1.165, 1.54) is 32.1 Å². The number of likely N-dealkylation sites (tertiary alicyclic amines) is 1. The van der Waals surface area contributed by atoms with Crippen LogP contribution in [0.5, 0.6) is 0 Å². The van der Waals surface area contributed by atoms with Gasteiger partial charge in [-0.15, -0.1) is 0 Å². The van der Waals surface area contributed by atoms with Crippen molar-refractivity contribution in [3.05, 3.63) is 0 Å². The van der Waals surface area contributed by atoms with Gasteiger partial charge in [0.15, 0.2) is 0 Å². The molecule has 2 fully saturated rings. The molecule has 16 heavy (non-hydrogen) atoms. The van der Waals surface area contributed by atoms with E-state index in [1.54, 1.807) is 0 Å². The molecule has 0 bridgehead atoms. The summed E-state index contributed by atoms with van der Waals surface area (Å²) >= 11 is 0. The van der Waals surface area contributed by atoms with Crippen LogP contribution in [0, 0.1) is 5.92 Å². The zero-order valence-corrected chi connectivity index (χ0v) is 10.3. The van der Waals surface area contributed by atoms with Gasteiger partial charge in [-0.3, -0.25) is 4.90 Å². The molecule has 0 spiro atoms. The minimum Gasteiger partial charge on any atom is -0.393 e. The summed E-state index contributed by atoms with van der Waals surface area (Å²) in [4.78, 5) is 2.59. The SMILES string of the molecule is NCC1CCCCCC1N1CCC(O)CC1. The lowest BCUT2D eigenvalue weighted by atomic mass is 9.91. The zero-order chi connectivity index (χ0) is 11.4. The van der Waals surface area contributed by atoms with Gasteiger partial charge in [0.2, 0.25) is 0 Å². The summed E-state index contributed by atoms with van der Waals surface area (Å²) in [5.41, 5.74) is 5.92. The number of nitrogens with zero attached hydrogens (tertiary/aromatic N) is 1. The highest BCUT2D eigenvalue weighted by Gasteiger charge is 2.30. The van der Waals surface area contributed by atoms with Crippen molar-refractivity contribution in [2.24, 2.45) is 11.7 Å². The third kappa shape index (κ3) is 2.96. The molecule has 3 N–H and O–H groups in total. The largest absolute Gasteiger partial charge is 0.393 e. The Morgan fingerprint density at radius 1 is 1.00 bits per heavy atom.